The number of hydrogen-bond donors (Lipinski definition) is 4. The summed E-state index contributed by atoms with van der Waals surface area (Å²) in [5.74, 6) is 2.25. The number of aromatic amines is 1. The first-order valence-electron chi connectivity index (χ1n) is 11.4. The zero-order chi connectivity index (χ0) is 23.1. The molecule has 0 spiro atoms. The van der Waals surface area contributed by atoms with Crippen molar-refractivity contribution in [3.05, 3.63) is 54.5 Å². The number of aromatic nitrogens is 4. The van der Waals surface area contributed by atoms with Crippen LogP contribution in [0.3, 0.4) is 0 Å². The zero-order valence-electron chi connectivity index (χ0n) is 18.5. The number of halogens is 1. The number of nitrogens with one attached hydrogen (secondary N) is 3. The standard InChI is InChI=1S/C24H25FN8O/c25-18-8-16(4-6-21(18)34-17-5-3-14-11-28-32-19(14)9-17)29-22-10-23(31-24(26)30-22)33-12-15-2-1-7-27-20(15)13-33/h3-6,8-11,15,20,27H,1-2,7,12-13H2,(H,28,32)(H3,26,29,30,31)/t15-,20+/m1/s1. The van der Waals surface area contributed by atoms with Gasteiger partial charge in [0, 0.05) is 48.4 Å². The topological polar surface area (TPSA) is 117 Å². The van der Waals surface area contributed by atoms with Gasteiger partial charge in [-0.05, 0) is 49.6 Å². The van der Waals surface area contributed by atoms with E-state index in [2.05, 4.69) is 35.7 Å². The van der Waals surface area contributed by atoms with Crippen molar-refractivity contribution >= 4 is 34.2 Å². The van der Waals surface area contributed by atoms with Gasteiger partial charge in [0.15, 0.2) is 11.6 Å². The number of nitrogens with zero attached hydrogens (tertiary/aromatic N) is 4. The molecule has 2 fully saturated rings. The van der Waals surface area contributed by atoms with Crippen molar-refractivity contribution in [3.8, 4) is 11.5 Å². The average molecular weight is 461 g/mol. The molecule has 34 heavy (non-hydrogen) atoms. The highest BCUT2D eigenvalue weighted by Crippen LogP contribution is 2.32. The number of benzene rings is 2. The van der Waals surface area contributed by atoms with E-state index < -0.39 is 5.82 Å². The Morgan fingerprint density at radius 3 is 2.94 bits per heavy atom. The van der Waals surface area contributed by atoms with Crippen molar-refractivity contribution in [1.82, 2.24) is 25.5 Å². The molecule has 0 aliphatic carbocycles. The Morgan fingerprint density at radius 2 is 2.06 bits per heavy atom. The van der Waals surface area contributed by atoms with Gasteiger partial charge in [0.05, 0.1) is 11.7 Å². The lowest BCUT2D eigenvalue weighted by molar-refractivity contribution is 0.340. The molecule has 0 radical (unpaired) electrons. The molecule has 2 atom stereocenters. The van der Waals surface area contributed by atoms with Crippen LogP contribution in [0.4, 0.5) is 27.7 Å². The first-order valence-corrected chi connectivity index (χ1v) is 11.4. The van der Waals surface area contributed by atoms with Crippen molar-refractivity contribution in [2.75, 3.05) is 35.6 Å². The number of ether oxygens (including phenoxy) is 1. The quantitative estimate of drug-likeness (QED) is 0.355. The van der Waals surface area contributed by atoms with Crippen LogP contribution in [0.1, 0.15) is 12.8 Å². The van der Waals surface area contributed by atoms with Gasteiger partial charge in [-0.15, -0.1) is 0 Å². The van der Waals surface area contributed by atoms with Crippen LogP contribution in [0.2, 0.25) is 0 Å². The molecular weight excluding hydrogens is 435 g/mol. The molecule has 0 unspecified atom stereocenters. The molecule has 0 saturated carbocycles. The lowest BCUT2D eigenvalue weighted by Gasteiger charge is -2.24. The number of nitrogen functional groups attached to an aromatic ring is 1. The largest absolute Gasteiger partial charge is 0.454 e. The summed E-state index contributed by atoms with van der Waals surface area (Å²) in [7, 11) is 0. The second kappa shape index (κ2) is 8.45. The van der Waals surface area contributed by atoms with Crippen molar-refractivity contribution in [3.63, 3.8) is 0 Å². The van der Waals surface area contributed by atoms with Crippen LogP contribution in [0.5, 0.6) is 11.5 Å². The van der Waals surface area contributed by atoms with Crippen LogP contribution in [0.15, 0.2) is 48.7 Å². The van der Waals surface area contributed by atoms with Crippen LogP contribution in [-0.4, -0.2) is 45.8 Å². The minimum Gasteiger partial charge on any atom is -0.454 e. The van der Waals surface area contributed by atoms with E-state index in [-0.39, 0.29) is 11.7 Å². The lowest BCUT2D eigenvalue weighted by Crippen LogP contribution is -2.40. The third-order valence-corrected chi connectivity index (χ3v) is 6.50. The van der Waals surface area contributed by atoms with E-state index in [1.54, 1.807) is 30.5 Å². The normalized spacial score (nSPS) is 19.9. The second-order valence-electron chi connectivity index (χ2n) is 8.83. The monoisotopic (exact) mass is 460 g/mol. The number of hydrogen-bond acceptors (Lipinski definition) is 8. The molecule has 4 aromatic rings. The fraction of sp³-hybridized carbons (Fsp3) is 0.292. The van der Waals surface area contributed by atoms with Crippen molar-refractivity contribution in [2.24, 2.45) is 5.92 Å². The molecule has 10 heteroatoms. The summed E-state index contributed by atoms with van der Waals surface area (Å²) in [6.07, 6.45) is 4.15. The number of piperidine rings is 1. The van der Waals surface area contributed by atoms with Gasteiger partial charge in [-0.25, -0.2) is 4.39 Å². The summed E-state index contributed by atoms with van der Waals surface area (Å²) in [5.41, 5.74) is 7.35. The van der Waals surface area contributed by atoms with Gasteiger partial charge in [-0.1, -0.05) is 0 Å². The molecule has 0 bridgehead atoms. The van der Waals surface area contributed by atoms with E-state index in [1.165, 1.54) is 18.9 Å². The highest BCUT2D eigenvalue weighted by Gasteiger charge is 2.35. The fourth-order valence-electron chi connectivity index (χ4n) is 4.83. The van der Waals surface area contributed by atoms with Gasteiger partial charge >= 0.3 is 0 Å². The fourth-order valence-corrected chi connectivity index (χ4v) is 4.83. The van der Waals surface area contributed by atoms with Crippen molar-refractivity contribution < 1.29 is 9.13 Å². The molecular formula is C24H25FN8O. The predicted molar refractivity (Wildman–Crippen MR) is 129 cm³/mol. The van der Waals surface area contributed by atoms with E-state index in [9.17, 15) is 4.39 Å². The molecule has 2 aromatic heterocycles. The third-order valence-electron chi connectivity index (χ3n) is 6.50. The maximum atomic E-state index is 14.8. The summed E-state index contributed by atoms with van der Waals surface area (Å²) in [4.78, 5) is 11.0. The molecule has 2 aliphatic rings. The number of H-pyrrole nitrogens is 1. The summed E-state index contributed by atoms with van der Waals surface area (Å²) in [6, 6.07) is 12.5. The zero-order valence-corrected chi connectivity index (χ0v) is 18.5. The van der Waals surface area contributed by atoms with E-state index in [4.69, 9.17) is 10.5 Å². The SMILES string of the molecule is Nc1nc(Nc2ccc(Oc3ccc4cn[nH]c4c3)c(F)c2)cc(N2C[C@H]3CCCN[C@H]3C2)n1. The molecule has 5 N–H and O–H groups in total. The van der Waals surface area contributed by atoms with Gasteiger partial charge in [0.2, 0.25) is 5.95 Å². The van der Waals surface area contributed by atoms with Crippen molar-refractivity contribution in [2.45, 2.75) is 18.9 Å². The smallest absolute Gasteiger partial charge is 0.223 e. The van der Waals surface area contributed by atoms with Gasteiger partial charge in [-0.3, -0.25) is 5.10 Å². The highest BCUT2D eigenvalue weighted by atomic mass is 19.1. The Bertz CT molecular complexity index is 1330. The molecule has 6 rings (SSSR count). The van der Waals surface area contributed by atoms with Gasteiger partial charge in [-0.2, -0.15) is 15.1 Å². The van der Waals surface area contributed by atoms with Gasteiger partial charge in [0.1, 0.15) is 17.4 Å². The molecule has 2 aromatic carbocycles. The predicted octanol–water partition coefficient (Wildman–Crippen LogP) is 3.80. The van der Waals surface area contributed by atoms with E-state index in [0.29, 0.717) is 29.2 Å². The Morgan fingerprint density at radius 1 is 1.12 bits per heavy atom. The van der Waals surface area contributed by atoms with Crippen LogP contribution < -0.4 is 26.0 Å². The highest BCUT2D eigenvalue weighted by molar-refractivity contribution is 5.79. The maximum absolute atomic E-state index is 14.8. The lowest BCUT2D eigenvalue weighted by atomic mass is 9.94. The van der Waals surface area contributed by atoms with Gasteiger partial charge < -0.3 is 26.0 Å². The number of fused-ring (bicyclic) bond motifs is 2. The first-order chi connectivity index (χ1) is 16.6. The Hall–Kier alpha value is -3.92. The maximum Gasteiger partial charge on any atom is 0.223 e. The minimum atomic E-state index is -0.494. The van der Waals surface area contributed by atoms with Crippen LogP contribution >= 0.6 is 0 Å². The van der Waals surface area contributed by atoms with Crippen molar-refractivity contribution in [1.29, 1.82) is 0 Å². The summed E-state index contributed by atoms with van der Waals surface area (Å²) in [5, 5.41) is 14.6. The van der Waals surface area contributed by atoms with Crippen LogP contribution in [0.25, 0.3) is 10.9 Å². The minimum absolute atomic E-state index is 0.125. The number of anilines is 4. The Balaban J connectivity index is 1.18. The van der Waals surface area contributed by atoms with E-state index >= 15 is 0 Å². The molecule has 2 aliphatic heterocycles. The molecule has 0 amide bonds. The Labute approximate surface area is 195 Å². The molecule has 2 saturated heterocycles. The van der Waals surface area contributed by atoms with E-state index in [1.807, 2.05) is 12.1 Å². The number of nitrogens with two attached hydrogens (primary N) is 1. The van der Waals surface area contributed by atoms with Crippen LogP contribution in [-0.2, 0) is 0 Å². The van der Waals surface area contributed by atoms with Crippen LogP contribution in [0, 0.1) is 11.7 Å². The number of rotatable bonds is 5. The summed E-state index contributed by atoms with van der Waals surface area (Å²) < 4.78 is 20.5. The third kappa shape index (κ3) is 4.08. The average Bonchev–Trinajstić information content (AvgIpc) is 3.47. The summed E-state index contributed by atoms with van der Waals surface area (Å²) in [6.45, 7) is 2.90. The van der Waals surface area contributed by atoms with Gasteiger partial charge in [0.25, 0.3) is 0 Å². The summed E-state index contributed by atoms with van der Waals surface area (Å²) >= 11 is 0. The second-order valence-corrected chi connectivity index (χ2v) is 8.83. The molecule has 174 valence electrons. The van der Waals surface area contributed by atoms with E-state index in [0.717, 1.165) is 36.4 Å². The first kappa shape index (κ1) is 20.7. The molecule has 4 heterocycles. The Kier molecular flexibility index (Phi) is 5.14. The molecule has 9 nitrogen and oxygen atoms in total.